The number of nitrogens with zero attached hydrogens (tertiary/aromatic N) is 1. The van der Waals surface area contributed by atoms with Crippen LogP contribution in [0.4, 0.5) is 15.8 Å². The highest BCUT2D eigenvalue weighted by Crippen LogP contribution is 2.33. The number of amides is 1. The van der Waals surface area contributed by atoms with Crippen molar-refractivity contribution in [2.24, 2.45) is 0 Å². The topological polar surface area (TPSA) is 117 Å². The van der Waals surface area contributed by atoms with Crippen LogP contribution in [-0.2, 0) is 4.84 Å². The molecule has 10 heteroatoms. The third kappa shape index (κ3) is 4.53. The summed E-state index contributed by atoms with van der Waals surface area (Å²) in [5, 5.41) is 21.3. The van der Waals surface area contributed by atoms with Crippen LogP contribution >= 0.6 is 22.6 Å². The minimum atomic E-state index is -1.14. The second-order valence-electron chi connectivity index (χ2n) is 5.51. The normalized spacial score (nSPS) is 12.1. The molecule has 27 heavy (non-hydrogen) atoms. The highest BCUT2D eigenvalue weighted by molar-refractivity contribution is 14.1. The number of anilines is 2. The summed E-state index contributed by atoms with van der Waals surface area (Å²) in [6.45, 7) is -0.816. The largest absolute Gasteiger partial charge is 0.448 e. The van der Waals surface area contributed by atoms with Crippen LogP contribution in [0.15, 0.2) is 41.1 Å². The Kier molecular flexibility index (Phi) is 6.21. The fraction of sp³-hybridized carbons (Fsp3) is 0.176. The molecule has 0 aliphatic heterocycles. The molecule has 0 saturated carbocycles. The van der Waals surface area contributed by atoms with Crippen molar-refractivity contribution in [3.8, 4) is 0 Å². The van der Waals surface area contributed by atoms with Crippen molar-refractivity contribution >= 4 is 50.8 Å². The molecule has 1 amide bonds. The number of carbonyl (C=O) groups excluding carboxylic acids is 1. The minimum absolute atomic E-state index is 0.144. The number of fused-ring (bicyclic) bond motifs is 1. The number of aliphatic hydroxyl groups excluding tert-OH is 2. The van der Waals surface area contributed by atoms with Gasteiger partial charge in [-0.2, -0.15) is 0 Å². The molecule has 4 N–H and O–H groups in total. The predicted octanol–water partition coefficient (Wildman–Crippen LogP) is 2.33. The summed E-state index contributed by atoms with van der Waals surface area (Å²) < 4.78 is 20.5. The number of furan rings is 1. The lowest BCUT2D eigenvalue weighted by Gasteiger charge is -2.10. The van der Waals surface area contributed by atoms with Gasteiger partial charge in [-0.3, -0.25) is 14.6 Å². The summed E-state index contributed by atoms with van der Waals surface area (Å²) in [7, 11) is 0. The predicted molar refractivity (Wildman–Crippen MR) is 103 cm³/mol. The highest BCUT2D eigenvalue weighted by Gasteiger charge is 2.22. The molecule has 0 saturated heterocycles. The molecule has 0 radical (unpaired) electrons. The zero-order chi connectivity index (χ0) is 19.4. The molecule has 0 spiro atoms. The molecule has 8 nitrogen and oxygen atoms in total. The standard InChI is InChI=1S/C17H15FIN3O5/c18-12-5-9(19)1-2-13(12)21-15-11-6-20-4-3-14(11)27-16(15)17(25)22-26-8-10(24)7-23/h1-6,10,21,23-24H,7-8H2,(H,22,25)/t10-/m0/s1. The molecule has 1 atom stereocenters. The molecule has 0 bridgehead atoms. The molecule has 0 fully saturated rings. The lowest BCUT2D eigenvalue weighted by atomic mass is 10.2. The monoisotopic (exact) mass is 487 g/mol. The summed E-state index contributed by atoms with van der Waals surface area (Å²) in [4.78, 5) is 21.3. The zero-order valence-electron chi connectivity index (χ0n) is 13.8. The first kappa shape index (κ1) is 19.5. The van der Waals surface area contributed by atoms with E-state index in [0.29, 0.717) is 11.0 Å². The molecule has 2 aromatic heterocycles. The summed E-state index contributed by atoms with van der Waals surface area (Å²) in [5.74, 6) is -1.38. The van der Waals surface area contributed by atoms with Gasteiger partial charge in [0.1, 0.15) is 29.8 Å². The second-order valence-corrected chi connectivity index (χ2v) is 6.75. The van der Waals surface area contributed by atoms with Gasteiger partial charge in [-0.05, 0) is 46.9 Å². The van der Waals surface area contributed by atoms with Crippen LogP contribution in [-0.4, -0.2) is 40.4 Å². The van der Waals surface area contributed by atoms with Crippen LogP contribution in [0.1, 0.15) is 10.6 Å². The summed E-state index contributed by atoms with van der Waals surface area (Å²) in [6, 6.07) is 6.17. The van der Waals surface area contributed by atoms with Gasteiger partial charge >= 0.3 is 5.91 Å². The number of pyridine rings is 1. The number of aliphatic hydroxyl groups is 2. The van der Waals surface area contributed by atoms with Crippen molar-refractivity contribution in [3.05, 3.63) is 51.8 Å². The van der Waals surface area contributed by atoms with Gasteiger partial charge in [0.25, 0.3) is 0 Å². The Hall–Kier alpha value is -2.28. The number of halogens is 2. The zero-order valence-corrected chi connectivity index (χ0v) is 15.9. The van der Waals surface area contributed by atoms with E-state index in [-0.39, 0.29) is 23.7 Å². The Morgan fingerprint density at radius 3 is 2.96 bits per heavy atom. The van der Waals surface area contributed by atoms with E-state index in [1.165, 1.54) is 18.5 Å². The molecule has 2 heterocycles. The van der Waals surface area contributed by atoms with Gasteiger partial charge in [0.05, 0.1) is 17.7 Å². The van der Waals surface area contributed by atoms with Gasteiger partial charge < -0.3 is 19.9 Å². The molecular weight excluding hydrogens is 472 g/mol. The Bertz CT molecular complexity index is 965. The van der Waals surface area contributed by atoms with Crippen LogP contribution < -0.4 is 10.8 Å². The maximum Gasteiger partial charge on any atom is 0.312 e. The average Bonchev–Trinajstić information content (AvgIpc) is 3.02. The molecule has 3 aromatic rings. The van der Waals surface area contributed by atoms with Crippen molar-refractivity contribution in [1.82, 2.24) is 10.5 Å². The van der Waals surface area contributed by atoms with Gasteiger partial charge in [0, 0.05) is 16.0 Å². The maximum absolute atomic E-state index is 14.2. The van der Waals surface area contributed by atoms with Gasteiger partial charge in [0.15, 0.2) is 0 Å². The van der Waals surface area contributed by atoms with Crippen molar-refractivity contribution in [2.75, 3.05) is 18.5 Å². The SMILES string of the molecule is O=C(NOC[C@@H](O)CO)c1oc2ccncc2c1Nc1ccc(I)cc1F. The Balaban J connectivity index is 1.90. The van der Waals surface area contributed by atoms with Crippen LogP contribution in [0.25, 0.3) is 11.0 Å². The number of rotatable bonds is 7. The fourth-order valence-electron chi connectivity index (χ4n) is 2.25. The van der Waals surface area contributed by atoms with Crippen molar-refractivity contribution in [2.45, 2.75) is 6.10 Å². The van der Waals surface area contributed by atoms with Crippen molar-refractivity contribution in [3.63, 3.8) is 0 Å². The number of nitrogens with one attached hydrogen (secondary N) is 2. The summed E-state index contributed by atoms with van der Waals surface area (Å²) in [6.07, 6.45) is 1.85. The first-order valence-electron chi connectivity index (χ1n) is 7.79. The van der Waals surface area contributed by atoms with Crippen molar-refractivity contribution < 1.29 is 28.7 Å². The average molecular weight is 487 g/mol. The van der Waals surface area contributed by atoms with Gasteiger partial charge in [-0.25, -0.2) is 9.87 Å². The number of hydroxylamine groups is 1. The lowest BCUT2D eigenvalue weighted by molar-refractivity contribution is -0.0302. The highest BCUT2D eigenvalue weighted by atomic mass is 127. The quantitative estimate of drug-likeness (QED) is 0.299. The van der Waals surface area contributed by atoms with Gasteiger partial charge in [-0.1, -0.05) is 0 Å². The molecular formula is C17H15FIN3O5. The number of hydrogen-bond acceptors (Lipinski definition) is 7. The van der Waals surface area contributed by atoms with Gasteiger partial charge in [0.2, 0.25) is 5.76 Å². The Morgan fingerprint density at radius 2 is 2.22 bits per heavy atom. The Labute approximate surface area is 166 Å². The fourth-order valence-corrected chi connectivity index (χ4v) is 2.71. The molecule has 0 aliphatic rings. The first-order valence-corrected chi connectivity index (χ1v) is 8.87. The van der Waals surface area contributed by atoms with Crippen molar-refractivity contribution in [1.29, 1.82) is 0 Å². The van der Waals surface area contributed by atoms with Gasteiger partial charge in [-0.15, -0.1) is 0 Å². The molecule has 1 aromatic carbocycles. The summed E-state index contributed by atoms with van der Waals surface area (Å²) >= 11 is 1.99. The van der Waals surface area contributed by atoms with Crippen LogP contribution in [0.2, 0.25) is 0 Å². The first-order chi connectivity index (χ1) is 13.0. The van der Waals surface area contributed by atoms with Crippen LogP contribution in [0.5, 0.6) is 0 Å². The third-order valence-electron chi connectivity index (χ3n) is 3.54. The molecule has 3 rings (SSSR count). The van der Waals surface area contributed by atoms with Crippen LogP contribution in [0, 0.1) is 9.39 Å². The molecule has 142 valence electrons. The molecule has 0 aliphatic carbocycles. The summed E-state index contributed by atoms with van der Waals surface area (Å²) in [5.41, 5.74) is 2.87. The number of aromatic nitrogens is 1. The maximum atomic E-state index is 14.2. The number of benzene rings is 1. The van der Waals surface area contributed by atoms with E-state index in [0.717, 1.165) is 3.57 Å². The molecule has 0 unspecified atom stereocenters. The van der Waals surface area contributed by atoms with E-state index in [4.69, 9.17) is 14.4 Å². The van der Waals surface area contributed by atoms with E-state index in [1.807, 2.05) is 22.6 Å². The number of hydrogen-bond donors (Lipinski definition) is 4. The minimum Gasteiger partial charge on any atom is -0.448 e. The number of carbonyl (C=O) groups is 1. The van der Waals surface area contributed by atoms with E-state index in [1.54, 1.807) is 18.2 Å². The second kappa shape index (κ2) is 8.61. The smallest absolute Gasteiger partial charge is 0.312 e. The van der Waals surface area contributed by atoms with E-state index < -0.39 is 24.4 Å². The Morgan fingerprint density at radius 1 is 1.41 bits per heavy atom. The van der Waals surface area contributed by atoms with Crippen LogP contribution in [0.3, 0.4) is 0 Å². The third-order valence-corrected chi connectivity index (χ3v) is 4.21. The lowest BCUT2D eigenvalue weighted by Crippen LogP contribution is -2.30. The van der Waals surface area contributed by atoms with E-state index in [9.17, 15) is 14.3 Å². The van der Waals surface area contributed by atoms with E-state index in [2.05, 4.69) is 15.8 Å². The van der Waals surface area contributed by atoms with E-state index >= 15 is 0 Å².